The van der Waals surface area contributed by atoms with Gasteiger partial charge in [-0.1, -0.05) is 36.2 Å². The highest BCUT2D eigenvalue weighted by Crippen LogP contribution is 2.16. The van der Waals surface area contributed by atoms with Crippen LogP contribution in [-0.2, 0) is 10.8 Å². The number of halogens is 1. The van der Waals surface area contributed by atoms with Gasteiger partial charge in [0.25, 0.3) is 0 Å². The Morgan fingerprint density at radius 2 is 1.94 bits per heavy atom. The molecule has 0 aliphatic rings. The maximum atomic E-state index is 12.2. The first-order valence-corrected chi connectivity index (χ1v) is 8.00. The topological polar surface area (TPSA) is 29.1 Å². The highest BCUT2D eigenvalue weighted by atomic mass is 79.9. The van der Waals surface area contributed by atoms with Crippen molar-refractivity contribution >= 4 is 26.7 Å². The summed E-state index contributed by atoms with van der Waals surface area (Å²) in [5.41, 5.74) is 0. The molecule has 0 radical (unpaired) electrons. The molecule has 3 atom stereocenters. The van der Waals surface area contributed by atoms with Crippen LogP contribution >= 0.6 is 15.9 Å². The van der Waals surface area contributed by atoms with Crippen LogP contribution < -0.4 is 5.32 Å². The lowest BCUT2D eigenvalue weighted by Gasteiger charge is -2.21. The van der Waals surface area contributed by atoms with E-state index in [-0.39, 0.29) is 0 Å². The Kier molecular flexibility index (Phi) is 6.38. The van der Waals surface area contributed by atoms with E-state index in [1.165, 1.54) is 0 Å². The Labute approximate surface area is 115 Å². The second-order valence-electron chi connectivity index (χ2n) is 4.25. The first kappa shape index (κ1) is 14.9. The third-order valence-corrected chi connectivity index (χ3v) is 5.10. The number of hydrogen-bond donors (Lipinski definition) is 1. The normalized spacial score (nSPS) is 16.5. The van der Waals surface area contributed by atoms with Gasteiger partial charge in [-0.2, -0.15) is 0 Å². The van der Waals surface area contributed by atoms with Crippen LogP contribution in [0.25, 0.3) is 0 Å². The lowest BCUT2D eigenvalue weighted by atomic mass is 10.0. The lowest BCUT2D eigenvalue weighted by Crippen LogP contribution is -2.36. The van der Waals surface area contributed by atoms with E-state index in [0.29, 0.717) is 17.7 Å². The van der Waals surface area contributed by atoms with Crippen molar-refractivity contribution in [1.82, 2.24) is 5.32 Å². The summed E-state index contributed by atoms with van der Waals surface area (Å²) in [6, 6.07) is 8.02. The fourth-order valence-electron chi connectivity index (χ4n) is 1.66. The van der Waals surface area contributed by atoms with Crippen molar-refractivity contribution in [3.63, 3.8) is 0 Å². The van der Waals surface area contributed by atoms with Crippen molar-refractivity contribution in [2.24, 2.45) is 5.92 Å². The molecule has 0 amide bonds. The molecule has 2 nitrogen and oxygen atoms in total. The van der Waals surface area contributed by atoms with Crippen LogP contribution in [0.1, 0.15) is 20.3 Å². The SMILES string of the molecule is CCC(C)C(CS(=O)c1ccc(Br)cc1)NC. The largest absolute Gasteiger partial charge is 0.316 e. The van der Waals surface area contributed by atoms with Gasteiger partial charge in [0.15, 0.2) is 0 Å². The molecule has 3 unspecified atom stereocenters. The highest BCUT2D eigenvalue weighted by Gasteiger charge is 2.17. The van der Waals surface area contributed by atoms with Gasteiger partial charge < -0.3 is 5.32 Å². The molecular weight excluding hydrogens is 298 g/mol. The van der Waals surface area contributed by atoms with Crippen LogP contribution in [0.15, 0.2) is 33.6 Å². The number of nitrogens with one attached hydrogen (secondary N) is 1. The molecule has 0 aromatic heterocycles. The minimum absolute atomic E-state index is 0.310. The van der Waals surface area contributed by atoms with Gasteiger partial charge in [-0.05, 0) is 37.2 Å². The van der Waals surface area contributed by atoms with Gasteiger partial charge in [0.1, 0.15) is 0 Å². The van der Waals surface area contributed by atoms with Gasteiger partial charge >= 0.3 is 0 Å². The van der Waals surface area contributed by atoms with Crippen molar-refractivity contribution in [2.75, 3.05) is 12.8 Å². The summed E-state index contributed by atoms with van der Waals surface area (Å²) < 4.78 is 13.2. The highest BCUT2D eigenvalue weighted by molar-refractivity contribution is 9.10. The lowest BCUT2D eigenvalue weighted by molar-refractivity contribution is 0.418. The predicted octanol–water partition coefficient (Wildman–Crippen LogP) is 3.19. The van der Waals surface area contributed by atoms with E-state index in [2.05, 4.69) is 35.1 Å². The third-order valence-electron chi connectivity index (χ3n) is 3.11. The first-order valence-electron chi connectivity index (χ1n) is 5.89. The molecule has 0 saturated carbocycles. The molecule has 17 heavy (non-hydrogen) atoms. The maximum absolute atomic E-state index is 12.2. The molecule has 4 heteroatoms. The smallest absolute Gasteiger partial charge is 0.0545 e. The minimum atomic E-state index is -0.927. The Balaban J connectivity index is 2.67. The fourth-order valence-corrected chi connectivity index (χ4v) is 3.38. The molecule has 0 aliphatic carbocycles. The van der Waals surface area contributed by atoms with Crippen molar-refractivity contribution < 1.29 is 4.21 Å². The zero-order chi connectivity index (χ0) is 12.8. The van der Waals surface area contributed by atoms with Crippen LogP contribution in [-0.4, -0.2) is 23.1 Å². The van der Waals surface area contributed by atoms with Crippen LogP contribution in [0.4, 0.5) is 0 Å². The third kappa shape index (κ3) is 4.53. The number of benzene rings is 1. The molecule has 0 bridgehead atoms. The first-order chi connectivity index (χ1) is 8.08. The molecule has 0 heterocycles. The van der Waals surface area contributed by atoms with Crippen LogP contribution in [0.2, 0.25) is 0 Å². The fraction of sp³-hybridized carbons (Fsp3) is 0.538. The van der Waals surface area contributed by atoms with Gasteiger partial charge in [-0.3, -0.25) is 4.21 Å². The molecule has 1 rings (SSSR count). The summed E-state index contributed by atoms with van der Waals surface area (Å²) in [5, 5.41) is 3.26. The Morgan fingerprint density at radius 1 is 1.35 bits per heavy atom. The molecule has 96 valence electrons. The summed E-state index contributed by atoms with van der Waals surface area (Å²) in [7, 11) is 1.01. The van der Waals surface area contributed by atoms with E-state index in [0.717, 1.165) is 15.8 Å². The van der Waals surface area contributed by atoms with Crippen LogP contribution in [0.5, 0.6) is 0 Å². The summed E-state index contributed by atoms with van der Waals surface area (Å²) in [4.78, 5) is 0.900. The Morgan fingerprint density at radius 3 is 2.41 bits per heavy atom. The van der Waals surface area contributed by atoms with E-state index in [4.69, 9.17) is 0 Å². The summed E-state index contributed by atoms with van der Waals surface area (Å²) >= 11 is 3.38. The second kappa shape index (κ2) is 7.29. The van der Waals surface area contributed by atoms with Gasteiger partial charge in [-0.15, -0.1) is 0 Å². The number of hydrogen-bond acceptors (Lipinski definition) is 2. The Bertz CT molecular complexity index is 366. The average Bonchev–Trinajstić information content (AvgIpc) is 2.35. The summed E-state index contributed by atoms with van der Waals surface area (Å²) in [6.45, 7) is 4.36. The van der Waals surface area contributed by atoms with Crippen molar-refractivity contribution in [1.29, 1.82) is 0 Å². The van der Waals surface area contributed by atoms with Crippen molar-refractivity contribution in [3.05, 3.63) is 28.7 Å². The zero-order valence-electron chi connectivity index (χ0n) is 10.6. The molecular formula is C13H20BrNOS. The van der Waals surface area contributed by atoms with E-state index in [1.54, 1.807) is 0 Å². The molecule has 1 aromatic carbocycles. The van der Waals surface area contributed by atoms with Crippen LogP contribution in [0.3, 0.4) is 0 Å². The predicted molar refractivity (Wildman–Crippen MR) is 77.7 cm³/mol. The zero-order valence-corrected chi connectivity index (χ0v) is 13.0. The summed E-state index contributed by atoms with van der Waals surface area (Å²) in [5.74, 6) is 1.21. The minimum Gasteiger partial charge on any atom is -0.316 e. The van der Waals surface area contributed by atoms with E-state index >= 15 is 0 Å². The molecule has 1 N–H and O–H groups in total. The van der Waals surface area contributed by atoms with E-state index in [9.17, 15) is 4.21 Å². The quantitative estimate of drug-likeness (QED) is 0.873. The van der Waals surface area contributed by atoms with Crippen molar-refractivity contribution in [3.8, 4) is 0 Å². The van der Waals surface area contributed by atoms with Crippen molar-refractivity contribution in [2.45, 2.75) is 31.2 Å². The molecule has 0 fully saturated rings. The number of rotatable bonds is 6. The Hall–Kier alpha value is -0.190. The van der Waals surface area contributed by atoms with Crippen LogP contribution in [0, 0.1) is 5.92 Å². The average molecular weight is 318 g/mol. The molecule has 0 aliphatic heterocycles. The second-order valence-corrected chi connectivity index (χ2v) is 6.66. The van der Waals surface area contributed by atoms with Gasteiger partial charge in [-0.25, -0.2) is 0 Å². The maximum Gasteiger partial charge on any atom is 0.0545 e. The van der Waals surface area contributed by atoms with Gasteiger partial charge in [0.2, 0.25) is 0 Å². The van der Waals surface area contributed by atoms with Gasteiger partial charge in [0, 0.05) is 21.2 Å². The van der Waals surface area contributed by atoms with Gasteiger partial charge in [0.05, 0.1) is 10.8 Å². The molecule has 1 aromatic rings. The molecule has 0 saturated heterocycles. The van der Waals surface area contributed by atoms with E-state index < -0.39 is 10.8 Å². The summed E-state index contributed by atoms with van der Waals surface area (Å²) in [6.07, 6.45) is 1.10. The standard InChI is InChI=1S/C13H20BrNOS/c1-4-10(2)13(15-3)9-17(16)12-7-5-11(14)6-8-12/h5-8,10,13,15H,4,9H2,1-3H3. The molecule has 0 spiro atoms. The van der Waals surface area contributed by atoms with E-state index in [1.807, 2.05) is 31.3 Å². The monoisotopic (exact) mass is 317 g/mol.